The minimum absolute atomic E-state index is 0.0263. The van der Waals surface area contributed by atoms with Crippen LogP contribution in [-0.2, 0) is 68.3 Å². The molecule has 1 N–H and O–H groups in total. The van der Waals surface area contributed by atoms with Crippen molar-refractivity contribution in [1.82, 2.24) is 0 Å². The van der Waals surface area contributed by atoms with Gasteiger partial charge in [0.2, 0.25) is 12.4 Å². The molecular formula is C35H43BrO15. The quantitative estimate of drug-likeness (QED) is 0.297. The van der Waals surface area contributed by atoms with E-state index >= 15 is 0 Å². The van der Waals surface area contributed by atoms with Crippen LogP contribution in [-0.4, -0.2) is 90.9 Å². The summed E-state index contributed by atoms with van der Waals surface area (Å²) in [6, 6.07) is 1.68. The summed E-state index contributed by atoms with van der Waals surface area (Å²) in [5.41, 5.74) is 1.31. The number of phenols is 1. The third kappa shape index (κ3) is 7.52. The molecular weight excluding hydrogens is 740 g/mol. The minimum Gasteiger partial charge on any atom is -0.503 e. The molecule has 1 aliphatic heterocycles. The van der Waals surface area contributed by atoms with E-state index in [1.807, 2.05) is 0 Å². The molecule has 3 fully saturated rings. The summed E-state index contributed by atoms with van der Waals surface area (Å²) < 4.78 is 45.1. The minimum atomic E-state index is -1.68. The molecule has 2 saturated carbocycles. The summed E-state index contributed by atoms with van der Waals surface area (Å²) in [6.07, 6.45) is -6.03. The second-order valence-corrected chi connectivity index (χ2v) is 14.6. The van der Waals surface area contributed by atoms with E-state index in [0.29, 0.717) is 30.2 Å². The summed E-state index contributed by atoms with van der Waals surface area (Å²) in [4.78, 5) is 73.7. The van der Waals surface area contributed by atoms with Crippen molar-refractivity contribution in [1.29, 1.82) is 0 Å². The number of hydrogen-bond donors (Lipinski definition) is 1. The van der Waals surface area contributed by atoms with Gasteiger partial charge in [0.1, 0.15) is 12.2 Å². The van der Waals surface area contributed by atoms with Gasteiger partial charge in [-0.05, 0) is 83.0 Å². The van der Waals surface area contributed by atoms with E-state index in [9.17, 15) is 33.9 Å². The highest BCUT2D eigenvalue weighted by molar-refractivity contribution is 9.10. The van der Waals surface area contributed by atoms with Crippen molar-refractivity contribution >= 4 is 51.7 Å². The van der Waals surface area contributed by atoms with E-state index in [0.717, 1.165) is 45.4 Å². The molecule has 11 atom stereocenters. The molecule has 1 heterocycles. The number of benzene rings is 1. The highest BCUT2D eigenvalue weighted by Gasteiger charge is 2.61. The van der Waals surface area contributed by atoms with Crippen molar-refractivity contribution in [2.24, 2.45) is 17.3 Å². The number of rotatable bonds is 8. The topological polar surface area (TPSA) is 196 Å². The van der Waals surface area contributed by atoms with Gasteiger partial charge in [-0.2, -0.15) is 0 Å². The Bertz CT molecular complexity index is 1590. The lowest BCUT2D eigenvalue weighted by atomic mass is 9.55. The smallest absolute Gasteiger partial charge is 0.339 e. The van der Waals surface area contributed by atoms with Crippen LogP contribution in [0, 0.1) is 17.3 Å². The van der Waals surface area contributed by atoms with Crippen LogP contribution in [0.15, 0.2) is 10.5 Å². The van der Waals surface area contributed by atoms with Crippen molar-refractivity contribution in [3.63, 3.8) is 0 Å². The molecule has 0 amide bonds. The Morgan fingerprint density at radius 1 is 0.843 bits per heavy atom. The first-order valence-corrected chi connectivity index (χ1v) is 17.6. The summed E-state index contributed by atoms with van der Waals surface area (Å²) in [5.74, 6) is -4.67. The Labute approximate surface area is 303 Å². The van der Waals surface area contributed by atoms with Crippen LogP contribution in [0.25, 0.3) is 0 Å². The number of aromatic hydroxyl groups is 1. The van der Waals surface area contributed by atoms with Gasteiger partial charge in [-0.1, -0.05) is 6.92 Å². The summed E-state index contributed by atoms with van der Waals surface area (Å²) in [6.45, 7) is 8.01. The molecule has 0 radical (unpaired) electrons. The molecule has 1 saturated heterocycles. The van der Waals surface area contributed by atoms with Gasteiger partial charge in [0.25, 0.3) is 0 Å². The molecule has 1 aromatic carbocycles. The van der Waals surface area contributed by atoms with Gasteiger partial charge >= 0.3 is 35.8 Å². The molecule has 0 bridgehead atoms. The van der Waals surface area contributed by atoms with Crippen molar-refractivity contribution in [3.05, 3.63) is 21.7 Å². The standard InChI is InChI=1S/C35H43BrO15/c1-14(37)45-25-13-23-20-8-9-21-22(19(20)10-11-35(23,6)32(25)49-18(5)41)12-24(27(42)26(21)36)50-34-31(48-17(4)40)29(47-16(3)39)28(46-15(2)38)30(51-34)33(43)44-7/h12,19-20,23,25,28-32,34,42H,8-11,13H2,1-7H3/t19-,20+,23-,25+,28-,29-,30-,31+,32-,34+,35-/m0/s1. The van der Waals surface area contributed by atoms with Crippen LogP contribution < -0.4 is 4.74 Å². The number of methoxy groups -OCH3 is 1. The number of carbonyl (C=O) groups is 6. The van der Waals surface area contributed by atoms with Gasteiger partial charge < -0.3 is 43.0 Å². The van der Waals surface area contributed by atoms with E-state index in [4.69, 9.17) is 37.9 Å². The second kappa shape index (κ2) is 15.0. The fourth-order valence-electron chi connectivity index (χ4n) is 8.69. The zero-order valence-corrected chi connectivity index (χ0v) is 31.0. The van der Waals surface area contributed by atoms with Crippen LogP contribution in [0.5, 0.6) is 11.5 Å². The van der Waals surface area contributed by atoms with Gasteiger partial charge in [-0.25, -0.2) is 4.79 Å². The Hall–Kier alpha value is -3.92. The number of carbonyl (C=O) groups excluding carboxylic acids is 6. The first kappa shape index (κ1) is 38.3. The summed E-state index contributed by atoms with van der Waals surface area (Å²) >= 11 is 3.55. The lowest BCUT2D eigenvalue weighted by Crippen LogP contribution is -2.64. The van der Waals surface area contributed by atoms with Gasteiger partial charge in [-0.3, -0.25) is 24.0 Å². The van der Waals surface area contributed by atoms with Crippen molar-refractivity contribution in [3.8, 4) is 11.5 Å². The Morgan fingerprint density at radius 3 is 2.02 bits per heavy atom. The molecule has 0 aromatic heterocycles. The number of fused-ring (bicyclic) bond motifs is 5. The molecule has 16 heteroatoms. The van der Waals surface area contributed by atoms with Crippen molar-refractivity contribution < 1.29 is 71.8 Å². The van der Waals surface area contributed by atoms with Crippen LogP contribution in [0.2, 0.25) is 0 Å². The molecule has 280 valence electrons. The van der Waals surface area contributed by atoms with Crippen molar-refractivity contribution in [2.45, 2.75) is 122 Å². The maximum absolute atomic E-state index is 12.9. The SMILES string of the molecule is COC(=O)[C@H]1O[C@@H](Oc2cc3c(c(Br)c2O)CC[C@@H]2[C@@H]3CC[C@@]3(C)[C@H]2C[C@@H](OC(C)=O)[C@@H]3OC(C)=O)[C@H](OC(C)=O)[C@@H](OC(C)=O)[C@@H]1OC(C)=O. The third-order valence-electron chi connectivity index (χ3n) is 10.5. The summed E-state index contributed by atoms with van der Waals surface area (Å²) in [7, 11) is 1.08. The first-order valence-electron chi connectivity index (χ1n) is 16.8. The van der Waals surface area contributed by atoms with Crippen LogP contribution in [0.1, 0.15) is 84.3 Å². The molecule has 0 spiro atoms. The lowest BCUT2D eigenvalue weighted by molar-refractivity contribution is -0.282. The number of esters is 6. The average Bonchev–Trinajstić information content (AvgIpc) is 3.30. The molecule has 15 nitrogen and oxygen atoms in total. The number of ether oxygens (including phenoxy) is 8. The predicted molar refractivity (Wildman–Crippen MR) is 175 cm³/mol. The number of hydrogen-bond acceptors (Lipinski definition) is 15. The Balaban J connectivity index is 1.52. The van der Waals surface area contributed by atoms with E-state index < -0.39 is 84.1 Å². The molecule has 4 aliphatic rings. The number of phenolic OH excluding ortho intramolecular Hbond substituents is 1. The zero-order valence-electron chi connectivity index (χ0n) is 29.4. The zero-order chi connectivity index (χ0) is 37.5. The van der Waals surface area contributed by atoms with Gasteiger partial charge in [0.15, 0.2) is 29.8 Å². The molecule has 1 aromatic rings. The van der Waals surface area contributed by atoms with Crippen LogP contribution in [0.4, 0.5) is 0 Å². The van der Waals surface area contributed by atoms with E-state index in [-0.39, 0.29) is 29.3 Å². The highest BCUT2D eigenvalue weighted by Crippen LogP contribution is 2.63. The average molecular weight is 784 g/mol. The summed E-state index contributed by atoms with van der Waals surface area (Å²) in [5, 5.41) is 11.4. The lowest BCUT2D eigenvalue weighted by Gasteiger charge is -2.50. The second-order valence-electron chi connectivity index (χ2n) is 13.8. The van der Waals surface area contributed by atoms with Gasteiger partial charge in [-0.15, -0.1) is 0 Å². The predicted octanol–water partition coefficient (Wildman–Crippen LogP) is 3.56. The largest absolute Gasteiger partial charge is 0.503 e. The Morgan fingerprint density at radius 2 is 1.43 bits per heavy atom. The van der Waals surface area contributed by atoms with Crippen LogP contribution in [0.3, 0.4) is 0 Å². The van der Waals surface area contributed by atoms with E-state index in [2.05, 4.69) is 22.9 Å². The molecule has 51 heavy (non-hydrogen) atoms. The maximum atomic E-state index is 12.9. The molecule has 3 aliphatic carbocycles. The van der Waals surface area contributed by atoms with Gasteiger partial charge in [0.05, 0.1) is 11.6 Å². The fourth-order valence-corrected chi connectivity index (χ4v) is 9.31. The third-order valence-corrected chi connectivity index (χ3v) is 11.4. The normalized spacial score (nSPS) is 33.6. The van der Waals surface area contributed by atoms with E-state index in [1.165, 1.54) is 13.8 Å². The number of halogens is 1. The van der Waals surface area contributed by atoms with Crippen molar-refractivity contribution in [2.75, 3.05) is 7.11 Å². The first-order chi connectivity index (χ1) is 24.0. The molecule has 5 rings (SSSR count). The van der Waals surface area contributed by atoms with Crippen LogP contribution >= 0.6 is 15.9 Å². The Kier molecular flexibility index (Phi) is 11.2. The highest BCUT2D eigenvalue weighted by atomic mass is 79.9. The molecule has 0 unspecified atom stereocenters. The maximum Gasteiger partial charge on any atom is 0.339 e. The van der Waals surface area contributed by atoms with Gasteiger partial charge in [0, 0.05) is 40.0 Å². The fraction of sp³-hybridized carbons (Fsp3) is 0.657. The monoisotopic (exact) mass is 782 g/mol. The van der Waals surface area contributed by atoms with E-state index in [1.54, 1.807) is 6.07 Å².